The molecule has 0 aromatic heterocycles. The fraction of sp³-hybridized carbons (Fsp3) is 0.619. The van der Waals surface area contributed by atoms with E-state index in [-0.39, 0.29) is 0 Å². The zero-order valence-corrected chi connectivity index (χ0v) is 16.6. The Morgan fingerprint density at radius 3 is 2.35 bits per heavy atom. The second-order valence-corrected chi connectivity index (χ2v) is 6.43. The zero-order valence-electron chi connectivity index (χ0n) is 15.9. The van der Waals surface area contributed by atoms with E-state index in [0.717, 1.165) is 23.7 Å². The van der Waals surface area contributed by atoms with Crippen molar-refractivity contribution >= 4 is 17.7 Å². The lowest BCUT2D eigenvalue weighted by Crippen LogP contribution is -2.33. The number of benzene rings is 1. The Labute approximate surface area is 149 Å². The minimum atomic E-state index is 0.292. The molecule has 0 aliphatic heterocycles. The molecule has 3 atom stereocenters. The van der Waals surface area contributed by atoms with Gasteiger partial charge in [-0.1, -0.05) is 84.7 Å². The summed E-state index contributed by atoms with van der Waals surface area (Å²) in [4.78, 5) is 0. The Hall–Kier alpha value is -0.950. The highest BCUT2D eigenvalue weighted by molar-refractivity contribution is 6.32. The van der Waals surface area contributed by atoms with Crippen LogP contribution in [0.25, 0.3) is 6.08 Å². The van der Waals surface area contributed by atoms with Gasteiger partial charge in [0.1, 0.15) is 11.9 Å². The second kappa shape index (κ2) is 12.5. The van der Waals surface area contributed by atoms with E-state index in [2.05, 4.69) is 34.3 Å². The van der Waals surface area contributed by atoms with Crippen molar-refractivity contribution in [2.24, 2.45) is 11.8 Å². The van der Waals surface area contributed by atoms with Gasteiger partial charge >= 0.3 is 0 Å². The number of ether oxygens (including phenoxy) is 1. The number of rotatable bonds is 3. The predicted octanol–water partition coefficient (Wildman–Crippen LogP) is 7.63. The number of hydrogen-bond donors (Lipinski definition) is 0. The molecule has 0 saturated heterocycles. The highest BCUT2D eigenvalue weighted by Crippen LogP contribution is 2.35. The lowest BCUT2D eigenvalue weighted by Gasteiger charge is -2.34. The molecule has 2 heteroatoms. The molecule has 1 aromatic carbocycles. The maximum Gasteiger partial charge on any atom is 0.138 e. The zero-order chi connectivity index (χ0) is 17.8. The summed E-state index contributed by atoms with van der Waals surface area (Å²) in [6, 6.07) is 5.84. The molecule has 0 spiro atoms. The molecule has 0 heterocycles. The smallest absolute Gasteiger partial charge is 0.138 e. The van der Waals surface area contributed by atoms with Crippen LogP contribution in [0.4, 0.5) is 0 Å². The molecule has 132 valence electrons. The molecule has 3 unspecified atom stereocenters. The summed E-state index contributed by atoms with van der Waals surface area (Å²) in [7, 11) is 0. The van der Waals surface area contributed by atoms with Crippen molar-refractivity contribution in [3.05, 3.63) is 35.4 Å². The van der Waals surface area contributed by atoms with Gasteiger partial charge in [0.15, 0.2) is 0 Å². The molecule has 0 N–H and O–H groups in total. The summed E-state index contributed by atoms with van der Waals surface area (Å²) >= 11 is 6.24. The minimum Gasteiger partial charge on any atom is -0.489 e. The monoisotopic (exact) mass is 338 g/mol. The maximum absolute atomic E-state index is 6.24. The first kappa shape index (κ1) is 22.1. The third kappa shape index (κ3) is 7.44. The lowest BCUT2D eigenvalue weighted by atomic mass is 9.79. The molecule has 23 heavy (non-hydrogen) atoms. The van der Waals surface area contributed by atoms with Gasteiger partial charge in [0, 0.05) is 0 Å². The number of hydrogen-bond acceptors (Lipinski definition) is 1. The first-order valence-corrected chi connectivity index (χ1v) is 9.49. The van der Waals surface area contributed by atoms with E-state index in [1.165, 1.54) is 19.3 Å². The quantitative estimate of drug-likeness (QED) is 0.550. The van der Waals surface area contributed by atoms with Gasteiger partial charge < -0.3 is 4.74 Å². The van der Waals surface area contributed by atoms with E-state index in [9.17, 15) is 0 Å². The van der Waals surface area contributed by atoms with E-state index < -0.39 is 0 Å². The summed E-state index contributed by atoms with van der Waals surface area (Å²) in [6.07, 6.45) is 7.02. The molecule has 1 saturated carbocycles. The first-order valence-electron chi connectivity index (χ1n) is 9.12. The fourth-order valence-corrected chi connectivity index (χ4v) is 2.84. The molecule has 1 aromatic rings. The topological polar surface area (TPSA) is 9.23 Å². The van der Waals surface area contributed by atoms with Crippen LogP contribution in [0, 0.1) is 11.8 Å². The Morgan fingerprint density at radius 2 is 1.83 bits per heavy atom. The summed E-state index contributed by atoms with van der Waals surface area (Å²) in [5.74, 6) is 2.12. The summed E-state index contributed by atoms with van der Waals surface area (Å²) in [5, 5.41) is 0.679. The van der Waals surface area contributed by atoms with E-state index >= 15 is 0 Å². The van der Waals surface area contributed by atoms with Crippen LogP contribution >= 0.6 is 11.6 Å². The van der Waals surface area contributed by atoms with Crippen molar-refractivity contribution in [3.63, 3.8) is 0 Å². The third-order valence-electron chi connectivity index (χ3n) is 4.10. The third-order valence-corrected chi connectivity index (χ3v) is 4.40. The summed E-state index contributed by atoms with van der Waals surface area (Å²) < 4.78 is 6.10. The molecule has 2 rings (SSSR count). The lowest BCUT2D eigenvalue weighted by molar-refractivity contribution is 0.0693. The van der Waals surface area contributed by atoms with Crippen LogP contribution in [0.5, 0.6) is 5.75 Å². The van der Waals surface area contributed by atoms with Crippen LogP contribution in [0.2, 0.25) is 5.02 Å². The molecular weight excluding hydrogens is 304 g/mol. The van der Waals surface area contributed by atoms with Gasteiger partial charge in [0.05, 0.1) is 5.02 Å². The number of halogens is 1. The van der Waals surface area contributed by atoms with E-state index in [1.807, 2.05) is 32.0 Å². The van der Waals surface area contributed by atoms with Crippen molar-refractivity contribution in [2.45, 2.75) is 73.3 Å². The van der Waals surface area contributed by atoms with Gasteiger partial charge in [-0.3, -0.25) is 0 Å². The molecule has 0 amide bonds. The summed E-state index contributed by atoms with van der Waals surface area (Å²) in [6.45, 7) is 16.6. The fourth-order valence-electron chi connectivity index (χ4n) is 2.60. The van der Waals surface area contributed by atoms with Crippen LogP contribution in [0.1, 0.15) is 72.8 Å². The molecule has 0 radical (unpaired) electrons. The Morgan fingerprint density at radius 1 is 1.22 bits per heavy atom. The molecule has 0 bridgehead atoms. The van der Waals surface area contributed by atoms with Gasteiger partial charge in [-0.15, -0.1) is 0 Å². The van der Waals surface area contributed by atoms with Gasteiger partial charge in [0.2, 0.25) is 0 Å². The normalized spacial score (nSPS) is 22.8. The van der Waals surface area contributed by atoms with Crippen molar-refractivity contribution in [1.82, 2.24) is 0 Å². The van der Waals surface area contributed by atoms with E-state index in [4.69, 9.17) is 16.3 Å². The SMILES string of the molecule is C=Cc1ccc(OC2CCCC(C)C2C)c(Cl)c1.CC.CCC. The predicted molar refractivity (Wildman–Crippen MR) is 105 cm³/mol. The molecule has 1 aliphatic carbocycles. The molecule has 1 fully saturated rings. The Kier molecular flexibility index (Phi) is 12.0. The highest BCUT2D eigenvalue weighted by atomic mass is 35.5. The van der Waals surface area contributed by atoms with Crippen LogP contribution in [0.3, 0.4) is 0 Å². The first-order chi connectivity index (χ1) is 11.0. The standard InChI is InChI=1S/C16H21ClO.C3H8.C2H6/c1-4-13-8-9-16(14(17)10-13)18-15-7-5-6-11(2)12(15)3;1-3-2;1-2/h4,8-12,15H,1,5-7H2,2-3H3;3H2,1-2H3;1-2H3. The molecular formula is C21H35ClO. The Balaban J connectivity index is 0.000000868. The summed E-state index contributed by atoms with van der Waals surface area (Å²) in [5.41, 5.74) is 1.03. The van der Waals surface area contributed by atoms with E-state index in [1.54, 1.807) is 6.08 Å². The highest BCUT2D eigenvalue weighted by Gasteiger charge is 2.28. The van der Waals surface area contributed by atoms with Gasteiger partial charge in [-0.25, -0.2) is 0 Å². The van der Waals surface area contributed by atoms with Crippen LogP contribution in [0.15, 0.2) is 24.8 Å². The van der Waals surface area contributed by atoms with Crippen LogP contribution in [-0.4, -0.2) is 6.10 Å². The largest absolute Gasteiger partial charge is 0.489 e. The van der Waals surface area contributed by atoms with Crippen molar-refractivity contribution in [2.75, 3.05) is 0 Å². The maximum atomic E-state index is 6.24. The molecule has 1 aliphatic rings. The Bertz CT molecular complexity index is 441. The van der Waals surface area contributed by atoms with Gasteiger partial charge in [-0.2, -0.15) is 0 Å². The van der Waals surface area contributed by atoms with Crippen molar-refractivity contribution < 1.29 is 4.74 Å². The average molecular weight is 339 g/mol. The minimum absolute atomic E-state index is 0.292. The van der Waals surface area contributed by atoms with Crippen molar-refractivity contribution in [3.8, 4) is 5.75 Å². The van der Waals surface area contributed by atoms with E-state index in [0.29, 0.717) is 17.0 Å². The van der Waals surface area contributed by atoms with Gasteiger partial charge in [0.25, 0.3) is 0 Å². The molecule has 1 nitrogen and oxygen atoms in total. The van der Waals surface area contributed by atoms with Gasteiger partial charge in [-0.05, 0) is 42.4 Å². The van der Waals surface area contributed by atoms with Crippen LogP contribution in [-0.2, 0) is 0 Å². The average Bonchev–Trinajstić information content (AvgIpc) is 2.56. The van der Waals surface area contributed by atoms with Crippen molar-refractivity contribution in [1.29, 1.82) is 0 Å². The van der Waals surface area contributed by atoms with Crippen LogP contribution < -0.4 is 4.74 Å². The second-order valence-electron chi connectivity index (χ2n) is 6.02.